The summed E-state index contributed by atoms with van der Waals surface area (Å²) in [5, 5.41) is 0. The van der Waals surface area contributed by atoms with Crippen LogP contribution in [0, 0.1) is 0 Å². The maximum atomic E-state index is 6.06. The molecule has 0 unspecified atom stereocenters. The molecule has 1 heterocycles. The molecular formula is C17H22N2. The van der Waals surface area contributed by atoms with Crippen LogP contribution in [0.5, 0.6) is 0 Å². The highest BCUT2D eigenvalue weighted by molar-refractivity contribution is 5.78. The van der Waals surface area contributed by atoms with Gasteiger partial charge in [-0.15, -0.1) is 0 Å². The second-order valence-corrected chi connectivity index (χ2v) is 5.62. The van der Waals surface area contributed by atoms with E-state index in [-0.39, 0.29) is 0 Å². The van der Waals surface area contributed by atoms with E-state index in [9.17, 15) is 0 Å². The van der Waals surface area contributed by atoms with Crippen LogP contribution in [-0.4, -0.2) is 4.98 Å². The average molecular weight is 254 g/mol. The summed E-state index contributed by atoms with van der Waals surface area (Å²) < 4.78 is 0. The lowest BCUT2D eigenvalue weighted by atomic mass is 9.88. The molecule has 2 heteroatoms. The zero-order valence-electron chi connectivity index (χ0n) is 12.1. The minimum atomic E-state index is 0.473. The van der Waals surface area contributed by atoms with Crippen molar-refractivity contribution < 1.29 is 0 Å². The fourth-order valence-corrected chi connectivity index (χ4v) is 2.32. The standard InChI is InChI=1S/C17H22N2/c1-11(2)13-5-6-14(16(9-13)12(3)4)15-7-8-19-10-17(15)18/h5-12H,18H2,1-4H3. The summed E-state index contributed by atoms with van der Waals surface area (Å²) in [6.45, 7) is 8.89. The molecule has 0 aliphatic heterocycles. The smallest absolute Gasteiger partial charge is 0.0580 e. The van der Waals surface area contributed by atoms with Crippen LogP contribution in [-0.2, 0) is 0 Å². The third kappa shape index (κ3) is 2.78. The van der Waals surface area contributed by atoms with E-state index < -0.39 is 0 Å². The molecule has 0 atom stereocenters. The monoisotopic (exact) mass is 254 g/mol. The number of benzene rings is 1. The minimum absolute atomic E-state index is 0.473. The van der Waals surface area contributed by atoms with E-state index in [0.717, 1.165) is 11.3 Å². The Morgan fingerprint density at radius 1 is 0.947 bits per heavy atom. The van der Waals surface area contributed by atoms with Gasteiger partial charge in [-0.3, -0.25) is 4.98 Å². The van der Waals surface area contributed by atoms with Crippen LogP contribution >= 0.6 is 0 Å². The van der Waals surface area contributed by atoms with Crippen LogP contribution in [0.2, 0.25) is 0 Å². The molecule has 0 saturated heterocycles. The van der Waals surface area contributed by atoms with Crippen molar-refractivity contribution in [2.45, 2.75) is 39.5 Å². The van der Waals surface area contributed by atoms with Gasteiger partial charge in [-0.05, 0) is 34.6 Å². The van der Waals surface area contributed by atoms with Gasteiger partial charge in [0.05, 0.1) is 11.9 Å². The van der Waals surface area contributed by atoms with E-state index in [0.29, 0.717) is 11.8 Å². The Labute approximate surface area is 115 Å². The first-order valence-corrected chi connectivity index (χ1v) is 6.84. The van der Waals surface area contributed by atoms with Crippen molar-refractivity contribution in [3.05, 3.63) is 47.8 Å². The summed E-state index contributed by atoms with van der Waals surface area (Å²) in [7, 11) is 0. The molecule has 0 fully saturated rings. The van der Waals surface area contributed by atoms with Crippen molar-refractivity contribution in [2.75, 3.05) is 5.73 Å². The zero-order valence-corrected chi connectivity index (χ0v) is 12.1. The zero-order chi connectivity index (χ0) is 14.0. The fraction of sp³-hybridized carbons (Fsp3) is 0.353. The first-order valence-electron chi connectivity index (χ1n) is 6.84. The molecule has 2 N–H and O–H groups in total. The predicted molar refractivity (Wildman–Crippen MR) is 82.3 cm³/mol. The number of nitrogens with two attached hydrogens (primary N) is 1. The highest BCUT2D eigenvalue weighted by Crippen LogP contribution is 2.34. The maximum Gasteiger partial charge on any atom is 0.0580 e. The SMILES string of the molecule is CC(C)c1ccc(-c2ccncc2N)c(C(C)C)c1. The number of rotatable bonds is 3. The Morgan fingerprint density at radius 3 is 2.26 bits per heavy atom. The number of anilines is 1. The number of pyridine rings is 1. The van der Waals surface area contributed by atoms with Gasteiger partial charge in [-0.1, -0.05) is 45.9 Å². The Hall–Kier alpha value is -1.83. The van der Waals surface area contributed by atoms with Crippen molar-refractivity contribution in [3.63, 3.8) is 0 Å². The van der Waals surface area contributed by atoms with E-state index in [2.05, 4.69) is 50.9 Å². The summed E-state index contributed by atoms with van der Waals surface area (Å²) in [6.07, 6.45) is 3.52. The Bertz CT molecular complexity index is 571. The van der Waals surface area contributed by atoms with E-state index >= 15 is 0 Å². The van der Waals surface area contributed by atoms with Crippen molar-refractivity contribution in [2.24, 2.45) is 0 Å². The summed E-state index contributed by atoms with van der Waals surface area (Å²) in [6, 6.07) is 8.69. The van der Waals surface area contributed by atoms with Gasteiger partial charge in [-0.2, -0.15) is 0 Å². The molecular weight excluding hydrogens is 232 g/mol. The van der Waals surface area contributed by atoms with Gasteiger partial charge >= 0.3 is 0 Å². The van der Waals surface area contributed by atoms with Crippen LogP contribution in [0.25, 0.3) is 11.1 Å². The predicted octanol–water partition coefficient (Wildman–Crippen LogP) is 4.58. The molecule has 0 bridgehead atoms. The average Bonchev–Trinajstić information content (AvgIpc) is 2.38. The molecule has 19 heavy (non-hydrogen) atoms. The first kappa shape index (κ1) is 13.6. The number of hydrogen-bond acceptors (Lipinski definition) is 2. The van der Waals surface area contributed by atoms with E-state index in [1.165, 1.54) is 16.7 Å². The molecule has 0 aliphatic carbocycles. The van der Waals surface area contributed by atoms with Gasteiger partial charge in [-0.25, -0.2) is 0 Å². The minimum Gasteiger partial charge on any atom is -0.397 e. The van der Waals surface area contributed by atoms with Crippen LogP contribution in [0.3, 0.4) is 0 Å². The normalized spacial score (nSPS) is 11.3. The largest absolute Gasteiger partial charge is 0.397 e. The molecule has 2 rings (SSSR count). The number of hydrogen-bond donors (Lipinski definition) is 1. The van der Waals surface area contributed by atoms with Crippen LogP contribution < -0.4 is 5.73 Å². The topological polar surface area (TPSA) is 38.9 Å². The van der Waals surface area contributed by atoms with Crippen LogP contribution in [0.4, 0.5) is 5.69 Å². The molecule has 0 radical (unpaired) electrons. The number of nitrogens with zero attached hydrogens (tertiary/aromatic N) is 1. The third-order valence-corrected chi connectivity index (χ3v) is 3.51. The maximum absolute atomic E-state index is 6.06. The van der Waals surface area contributed by atoms with Crippen LogP contribution in [0.15, 0.2) is 36.7 Å². The van der Waals surface area contributed by atoms with Gasteiger partial charge in [0.25, 0.3) is 0 Å². The summed E-state index contributed by atoms with van der Waals surface area (Å²) in [5.74, 6) is 1.02. The van der Waals surface area contributed by atoms with Crippen molar-refractivity contribution in [1.82, 2.24) is 4.98 Å². The van der Waals surface area contributed by atoms with Gasteiger partial charge < -0.3 is 5.73 Å². The summed E-state index contributed by atoms with van der Waals surface area (Å²) in [4.78, 5) is 4.07. The van der Waals surface area contributed by atoms with Gasteiger partial charge in [0.15, 0.2) is 0 Å². The fourth-order valence-electron chi connectivity index (χ4n) is 2.32. The quantitative estimate of drug-likeness (QED) is 0.870. The Balaban J connectivity index is 2.61. The number of nitrogen functional groups attached to an aromatic ring is 1. The molecule has 100 valence electrons. The van der Waals surface area contributed by atoms with Gasteiger partial charge in [0.1, 0.15) is 0 Å². The molecule has 0 spiro atoms. The van der Waals surface area contributed by atoms with E-state index in [4.69, 9.17) is 5.73 Å². The van der Waals surface area contributed by atoms with Gasteiger partial charge in [0.2, 0.25) is 0 Å². The molecule has 1 aromatic heterocycles. The van der Waals surface area contributed by atoms with Gasteiger partial charge in [0, 0.05) is 11.8 Å². The lowest BCUT2D eigenvalue weighted by Crippen LogP contribution is -1.99. The molecule has 0 aliphatic rings. The highest BCUT2D eigenvalue weighted by Gasteiger charge is 2.12. The lowest BCUT2D eigenvalue weighted by molar-refractivity contribution is 0.835. The lowest BCUT2D eigenvalue weighted by Gasteiger charge is -2.17. The molecule has 1 aromatic carbocycles. The highest BCUT2D eigenvalue weighted by atomic mass is 14.7. The molecule has 2 aromatic rings. The third-order valence-electron chi connectivity index (χ3n) is 3.51. The summed E-state index contributed by atoms with van der Waals surface area (Å²) in [5.41, 5.74) is 11.8. The molecule has 0 amide bonds. The summed E-state index contributed by atoms with van der Waals surface area (Å²) >= 11 is 0. The Morgan fingerprint density at radius 2 is 1.68 bits per heavy atom. The van der Waals surface area contributed by atoms with Crippen molar-refractivity contribution in [3.8, 4) is 11.1 Å². The van der Waals surface area contributed by atoms with Crippen molar-refractivity contribution >= 4 is 5.69 Å². The van der Waals surface area contributed by atoms with E-state index in [1.807, 2.05) is 6.07 Å². The first-order chi connectivity index (χ1) is 9.00. The van der Waals surface area contributed by atoms with Crippen molar-refractivity contribution in [1.29, 1.82) is 0 Å². The van der Waals surface area contributed by atoms with E-state index in [1.54, 1.807) is 12.4 Å². The Kier molecular flexibility index (Phi) is 3.89. The second kappa shape index (κ2) is 5.43. The molecule has 2 nitrogen and oxygen atoms in total. The second-order valence-electron chi connectivity index (χ2n) is 5.62. The number of aromatic nitrogens is 1. The molecule has 0 saturated carbocycles. The van der Waals surface area contributed by atoms with Crippen LogP contribution in [0.1, 0.15) is 50.7 Å².